The average Bonchev–Trinajstić information content (AvgIpc) is 2.46. The summed E-state index contributed by atoms with van der Waals surface area (Å²) < 4.78 is 9.49. The Morgan fingerprint density at radius 3 is 2.36 bits per heavy atom. The summed E-state index contributed by atoms with van der Waals surface area (Å²) in [4.78, 5) is 0. The molecule has 2 rings (SSSR count). The van der Waals surface area contributed by atoms with E-state index in [1.54, 1.807) is 11.1 Å². The molecule has 2 aliphatic heterocycles. The van der Waals surface area contributed by atoms with Gasteiger partial charge in [0.15, 0.2) is 0 Å². The van der Waals surface area contributed by atoms with Gasteiger partial charge in [0.25, 0.3) is 0 Å². The SMILES string of the molecule is CC1=C(C)[CH2][Ge]2([CH2]1)[NH]CC[O]2. The quantitative estimate of drug-likeness (QED) is 0.485. The topological polar surface area (TPSA) is 21.3 Å². The van der Waals surface area contributed by atoms with Crippen LogP contribution in [0.5, 0.6) is 0 Å². The maximum absolute atomic E-state index is 5.88. The van der Waals surface area contributed by atoms with Gasteiger partial charge in [0.2, 0.25) is 0 Å². The fraction of sp³-hybridized carbons (Fsp3) is 0.750. The minimum absolute atomic E-state index is 0.959. The van der Waals surface area contributed by atoms with Gasteiger partial charge in [0.05, 0.1) is 0 Å². The molecule has 3 heteroatoms. The number of hydrogen-bond acceptors (Lipinski definition) is 2. The molecule has 0 aliphatic carbocycles. The maximum atomic E-state index is 5.88. The monoisotopic (exact) mass is 215 g/mol. The second kappa shape index (κ2) is 2.61. The standard InChI is InChI=1S/C8H15GeNO/c1-7-5-9(6-8(7)2)10-3-4-11-9/h10H,3-6H2,1-2H3. The van der Waals surface area contributed by atoms with Crippen molar-refractivity contribution in [2.75, 3.05) is 13.2 Å². The van der Waals surface area contributed by atoms with Gasteiger partial charge in [0.1, 0.15) is 0 Å². The van der Waals surface area contributed by atoms with Crippen LogP contribution in [0, 0.1) is 0 Å². The molecule has 1 N–H and O–H groups in total. The fourth-order valence-electron chi connectivity index (χ4n) is 2.02. The van der Waals surface area contributed by atoms with Crippen LogP contribution >= 0.6 is 0 Å². The van der Waals surface area contributed by atoms with Crippen LogP contribution in [0.25, 0.3) is 0 Å². The second-order valence-corrected chi connectivity index (χ2v) is 10.7. The van der Waals surface area contributed by atoms with Crippen molar-refractivity contribution in [3.8, 4) is 0 Å². The summed E-state index contributed by atoms with van der Waals surface area (Å²) in [6.45, 7) is 6.55. The van der Waals surface area contributed by atoms with E-state index in [0.29, 0.717) is 0 Å². The number of nitrogens with one attached hydrogen (secondary N) is 1. The molecule has 0 aromatic carbocycles. The Balaban J connectivity index is 2.12. The summed E-state index contributed by atoms with van der Waals surface area (Å²) in [6.07, 6.45) is 0. The Morgan fingerprint density at radius 2 is 1.91 bits per heavy atom. The van der Waals surface area contributed by atoms with Gasteiger partial charge in [-0.2, -0.15) is 0 Å². The molecule has 0 aromatic rings. The summed E-state index contributed by atoms with van der Waals surface area (Å²) in [5.41, 5.74) is 3.17. The van der Waals surface area contributed by atoms with Crippen LogP contribution in [0.15, 0.2) is 11.1 Å². The molecule has 2 heterocycles. The van der Waals surface area contributed by atoms with Crippen LogP contribution < -0.4 is 4.27 Å². The fourth-order valence-corrected chi connectivity index (χ4v) is 10.5. The zero-order valence-electron chi connectivity index (χ0n) is 7.24. The van der Waals surface area contributed by atoms with Crippen molar-refractivity contribution in [3.63, 3.8) is 0 Å². The number of hydrogen-bond donors (Lipinski definition) is 1. The van der Waals surface area contributed by atoms with Crippen molar-refractivity contribution in [2.45, 2.75) is 24.4 Å². The van der Waals surface area contributed by atoms with E-state index in [1.165, 1.54) is 10.5 Å². The molecule has 0 bridgehead atoms. The molecule has 2 aliphatic rings. The minimum atomic E-state index is -1.92. The molecule has 0 aromatic heterocycles. The van der Waals surface area contributed by atoms with Gasteiger partial charge < -0.3 is 0 Å². The van der Waals surface area contributed by atoms with Crippen LogP contribution in [0.1, 0.15) is 13.8 Å². The zero-order chi connectivity index (χ0) is 7.90. The third-order valence-electron chi connectivity index (χ3n) is 2.76. The van der Waals surface area contributed by atoms with E-state index >= 15 is 0 Å². The summed E-state index contributed by atoms with van der Waals surface area (Å²) in [6, 6.07) is 0. The van der Waals surface area contributed by atoms with Crippen molar-refractivity contribution < 1.29 is 3.76 Å². The Hall–Kier alpha value is 0.203. The van der Waals surface area contributed by atoms with E-state index in [-0.39, 0.29) is 0 Å². The van der Waals surface area contributed by atoms with Gasteiger partial charge in [0, 0.05) is 0 Å². The average molecular weight is 214 g/mol. The first-order valence-corrected chi connectivity index (χ1v) is 9.13. The molecule has 0 atom stereocenters. The van der Waals surface area contributed by atoms with Gasteiger partial charge in [-0.25, -0.2) is 0 Å². The summed E-state index contributed by atoms with van der Waals surface area (Å²) >= 11 is -1.92. The van der Waals surface area contributed by atoms with Crippen molar-refractivity contribution in [1.29, 1.82) is 0 Å². The molecule has 1 saturated heterocycles. The molecule has 0 radical (unpaired) electrons. The van der Waals surface area contributed by atoms with Crippen LogP contribution in [-0.2, 0) is 3.76 Å². The Morgan fingerprint density at radius 1 is 1.27 bits per heavy atom. The predicted octanol–water partition coefficient (Wildman–Crippen LogP) is 1.40. The molecule has 0 saturated carbocycles. The Bertz CT molecular complexity index is 190. The van der Waals surface area contributed by atoms with E-state index in [9.17, 15) is 0 Å². The molecular formula is C8H15GeNO. The van der Waals surface area contributed by atoms with Gasteiger partial charge in [-0.1, -0.05) is 0 Å². The first kappa shape index (κ1) is 7.83. The second-order valence-electron chi connectivity index (χ2n) is 3.68. The van der Waals surface area contributed by atoms with E-state index in [2.05, 4.69) is 18.1 Å². The van der Waals surface area contributed by atoms with E-state index in [4.69, 9.17) is 3.76 Å². The molecule has 0 amide bonds. The number of rotatable bonds is 0. The number of allylic oxidation sites excluding steroid dienone is 2. The van der Waals surface area contributed by atoms with E-state index in [1.807, 2.05) is 0 Å². The molecule has 0 unspecified atom stereocenters. The van der Waals surface area contributed by atoms with Crippen LogP contribution in [0.4, 0.5) is 0 Å². The van der Waals surface area contributed by atoms with Gasteiger partial charge in [-0.3, -0.25) is 0 Å². The summed E-state index contributed by atoms with van der Waals surface area (Å²) in [5, 5.41) is 2.54. The summed E-state index contributed by atoms with van der Waals surface area (Å²) in [7, 11) is 0. The Labute approximate surface area is 70.9 Å². The van der Waals surface area contributed by atoms with Gasteiger partial charge in [-0.05, 0) is 0 Å². The van der Waals surface area contributed by atoms with E-state index in [0.717, 1.165) is 13.2 Å². The van der Waals surface area contributed by atoms with Crippen LogP contribution in [-0.4, -0.2) is 27.0 Å². The van der Waals surface area contributed by atoms with E-state index < -0.39 is 13.8 Å². The van der Waals surface area contributed by atoms with Crippen LogP contribution in [0.3, 0.4) is 0 Å². The Kier molecular flexibility index (Phi) is 1.86. The normalized spacial score (nSPS) is 28.9. The van der Waals surface area contributed by atoms with Crippen molar-refractivity contribution in [3.05, 3.63) is 11.1 Å². The first-order valence-electron chi connectivity index (χ1n) is 4.26. The van der Waals surface area contributed by atoms with Crippen molar-refractivity contribution >= 4 is 13.8 Å². The van der Waals surface area contributed by atoms with Crippen molar-refractivity contribution in [1.82, 2.24) is 4.27 Å². The van der Waals surface area contributed by atoms with Crippen molar-refractivity contribution in [2.24, 2.45) is 0 Å². The third-order valence-corrected chi connectivity index (χ3v) is 10.8. The van der Waals surface area contributed by atoms with Crippen LogP contribution in [0.2, 0.25) is 10.5 Å². The summed E-state index contributed by atoms with van der Waals surface area (Å²) in [5.74, 6) is 0. The molecule has 11 heavy (non-hydrogen) atoms. The molecule has 1 fully saturated rings. The molecule has 62 valence electrons. The first-order chi connectivity index (χ1) is 5.22. The van der Waals surface area contributed by atoms with Gasteiger partial charge >= 0.3 is 70.5 Å². The molecule has 2 nitrogen and oxygen atoms in total. The third kappa shape index (κ3) is 1.28. The molecule has 1 spiro atoms. The zero-order valence-corrected chi connectivity index (χ0v) is 9.33. The predicted molar refractivity (Wildman–Crippen MR) is 47.7 cm³/mol. The molecular weight excluding hydrogens is 199 g/mol. The van der Waals surface area contributed by atoms with Gasteiger partial charge in [-0.15, -0.1) is 0 Å².